The highest BCUT2D eigenvalue weighted by Gasteiger charge is 2.09. The quantitative estimate of drug-likeness (QED) is 0.556. The first-order valence-corrected chi connectivity index (χ1v) is 7.05. The van der Waals surface area contributed by atoms with Crippen LogP contribution in [0, 0.1) is 0 Å². The van der Waals surface area contributed by atoms with Crippen molar-refractivity contribution in [3.63, 3.8) is 0 Å². The van der Waals surface area contributed by atoms with Crippen LogP contribution in [0.3, 0.4) is 0 Å². The van der Waals surface area contributed by atoms with Gasteiger partial charge in [-0.15, -0.1) is 0 Å². The number of aromatic carboxylic acids is 1. The summed E-state index contributed by atoms with van der Waals surface area (Å²) in [6.07, 6.45) is 1.56. The van der Waals surface area contributed by atoms with Crippen molar-refractivity contribution >= 4 is 39.5 Å². The van der Waals surface area contributed by atoms with Crippen LogP contribution in [-0.2, 0) is 4.79 Å². The molecule has 1 aromatic rings. The molecule has 0 unspecified atom stereocenters. The highest BCUT2D eigenvalue weighted by molar-refractivity contribution is 9.10. The number of carboxylic acids is 1. The molecule has 0 radical (unpaired) electrons. The molecule has 8 heteroatoms. The predicted octanol–water partition coefficient (Wildman–Crippen LogP) is 1.92. The maximum Gasteiger partial charge on any atom is 0.335 e. The van der Waals surface area contributed by atoms with Gasteiger partial charge in [0.2, 0.25) is 5.91 Å². The van der Waals surface area contributed by atoms with Crippen LogP contribution in [0.25, 0.3) is 0 Å². The minimum atomic E-state index is -1.04. The van der Waals surface area contributed by atoms with E-state index in [1.807, 2.05) is 0 Å². The third-order valence-electron chi connectivity index (χ3n) is 2.60. The van der Waals surface area contributed by atoms with E-state index in [2.05, 4.69) is 26.6 Å². The average molecular weight is 358 g/mol. The van der Waals surface area contributed by atoms with Gasteiger partial charge in [-0.05, 0) is 47.0 Å². The van der Waals surface area contributed by atoms with Crippen LogP contribution in [0.5, 0.6) is 0 Å². The molecule has 0 atom stereocenters. The fourth-order valence-electron chi connectivity index (χ4n) is 1.54. The van der Waals surface area contributed by atoms with Gasteiger partial charge in [-0.25, -0.2) is 9.59 Å². The predicted molar refractivity (Wildman–Crippen MR) is 81.2 cm³/mol. The summed E-state index contributed by atoms with van der Waals surface area (Å²) >= 11 is 3.20. The molecule has 0 aliphatic carbocycles. The van der Waals surface area contributed by atoms with Gasteiger partial charge in [-0.2, -0.15) is 0 Å². The number of unbranched alkanes of at least 4 members (excludes halogenated alkanes) is 1. The van der Waals surface area contributed by atoms with Crippen LogP contribution < -0.4 is 16.4 Å². The van der Waals surface area contributed by atoms with Crippen molar-refractivity contribution in [2.24, 2.45) is 5.73 Å². The van der Waals surface area contributed by atoms with E-state index in [1.165, 1.54) is 18.2 Å². The third-order valence-corrected chi connectivity index (χ3v) is 3.26. The lowest BCUT2D eigenvalue weighted by Crippen LogP contribution is -2.29. The fraction of sp³-hybridized carbons (Fsp3) is 0.308. The highest BCUT2D eigenvalue weighted by Crippen LogP contribution is 2.23. The molecule has 0 aromatic heterocycles. The number of nitrogens with two attached hydrogens (primary N) is 1. The molecule has 3 amide bonds. The van der Waals surface area contributed by atoms with Crippen molar-refractivity contribution in [1.82, 2.24) is 5.32 Å². The number of halogens is 1. The largest absolute Gasteiger partial charge is 0.478 e. The summed E-state index contributed by atoms with van der Waals surface area (Å²) in [7, 11) is 0. The molecule has 21 heavy (non-hydrogen) atoms. The van der Waals surface area contributed by atoms with Crippen molar-refractivity contribution in [3.8, 4) is 0 Å². The highest BCUT2D eigenvalue weighted by atomic mass is 79.9. The van der Waals surface area contributed by atoms with Crippen LogP contribution in [-0.4, -0.2) is 29.6 Å². The summed E-state index contributed by atoms with van der Waals surface area (Å²) in [5.74, 6) is -1.40. The van der Waals surface area contributed by atoms with E-state index in [1.54, 1.807) is 0 Å². The number of nitrogens with one attached hydrogen (secondary N) is 2. The van der Waals surface area contributed by atoms with Gasteiger partial charge in [0.1, 0.15) is 0 Å². The maximum atomic E-state index is 11.6. The zero-order valence-electron chi connectivity index (χ0n) is 11.2. The Morgan fingerprint density at radius 1 is 1.24 bits per heavy atom. The third kappa shape index (κ3) is 6.26. The topological polar surface area (TPSA) is 122 Å². The molecule has 1 aromatic carbocycles. The molecule has 114 valence electrons. The molecule has 7 nitrogen and oxygen atoms in total. The minimum absolute atomic E-state index is 0.124. The number of urea groups is 1. The average Bonchev–Trinajstić information content (AvgIpc) is 2.40. The Kier molecular flexibility index (Phi) is 6.67. The van der Waals surface area contributed by atoms with Gasteiger partial charge in [0.15, 0.2) is 0 Å². The first-order chi connectivity index (χ1) is 9.90. The van der Waals surface area contributed by atoms with Gasteiger partial charge in [0.25, 0.3) is 0 Å². The van der Waals surface area contributed by atoms with Gasteiger partial charge in [-0.1, -0.05) is 0 Å². The van der Waals surface area contributed by atoms with Crippen LogP contribution in [0.15, 0.2) is 22.7 Å². The summed E-state index contributed by atoms with van der Waals surface area (Å²) in [4.78, 5) is 32.9. The first kappa shape index (κ1) is 17.0. The molecule has 0 aliphatic rings. The van der Waals surface area contributed by atoms with Crippen molar-refractivity contribution in [2.75, 3.05) is 11.9 Å². The Morgan fingerprint density at radius 2 is 1.95 bits per heavy atom. The minimum Gasteiger partial charge on any atom is -0.478 e. The number of hydrogen-bond donors (Lipinski definition) is 4. The lowest BCUT2D eigenvalue weighted by molar-refractivity contribution is -0.118. The Bertz CT molecular complexity index is 548. The Balaban J connectivity index is 2.41. The summed E-state index contributed by atoms with van der Waals surface area (Å²) in [6.45, 7) is 0.421. The lowest BCUT2D eigenvalue weighted by atomic mass is 10.2. The molecule has 0 bridgehead atoms. The number of carbonyl (C=O) groups is 3. The molecule has 0 heterocycles. The van der Waals surface area contributed by atoms with Gasteiger partial charge < -0.3 is 21.5 Å². The van der Waals surface area contributed by atoms with Crippen molar-refractivity contribution in [3.05, 3.63) is 28.2 Å². The van der Waals surface area contributed by atoms with E-state index < -0.39 is 12.0 Å². The van der Waals surface area contributed by atoms with Crippen LogP contribution in [0.2, 0.25) is 0 Å². The normalized spacial score (nSPS) is 9.95. The number of hydrogen-bond acceptors (Lipinski definition) is 3. The van der Waals surface area contributed by atoms with Gasteiger partial charge in [0, 0.05) is 17.4 Å². The van der Waals surface area contributed by atoms with Crippen LogP contribution in [0.1, 0.15) is 29.6 Å². The van der Waals surface area contributed by atoms with E-state index in [0.717, 1.165) is 0 Å². The van der Waals surface area contributed by atoms with Crippen molar-refractivity contribution in [1.29, 1.82) is 0 Å². The smallest absolute Gasteiger partial charge is 0.335 e. The van der Waals surface area contributed by atoms with Gasteiger partial charge in [-0.3, -0.25) is 4.79 Å². The Hall–Kier alpha value is -2.09. The van der Waals surface area contributed by atoms with Gasteiger partial charge in [0.05, 0.1) is 11.3 Å². The van der Waals surface area contributed by atoms with Crippen molar-refractivity contribution in [2.45, 2.75) is 19.3 Å². The van der Waals surface area contributed by atoms with E-state index in [0.29, 0.717) is 36.0 Å². The molecular formula is C13H16BrN3O4. The van der Waals surface area contributed by atoms with Crippen molar-refractivity contribution < 1.29 is 19.5 Å². The second kappa shape index (κ2) is 8.25. The SMILES string of the molecule is NC(=O)CCCCNC(=O)Nc1ccc(C(=O)O)cc1Br. The fourth-order valence-corrected chi connectivity index (χ4v) is 2.02. The number of rotatable bonds is 7. The number of carbonyl (C=O) groups excluding carboxylic acids is 2. The van der Waals surface area contributed by atoms with Crippen LogP contribution in [0.4, 0.5) is 10.5 Å². The molecule has 1 rings (SSSR count). The standard InChI is InChI=1S/C13H16BrN3O4/c14-9-7-8(12(19)20)4-5-10(9)17-13(21)16-6-2-1-3-11(15)18/h4-5,7H,1-3,6H2,(H2,15,18)(H,19,20)(H2,16,17,21). The summed E-state index contributed by atoms with van der Waals surface area (Å²) in [5.41, 5.74) is 5.59. The molecule has 0 saturated carbocycles. The van der Waals surface area contributed by atoms with Gasteiger partial charge >= 0.3 is 12.0 Å². The molecule has 5 N–H and O–H groups in total. The van der Waals surface area contributed by atoms with Crippen LogP contribution >= 0.6 is 15.9 Å². The number of primary amides is 1. The lowest BCUT2D eigenvalue weighted by Gasteiger charge is -2.09. The molecule has 0 spiro atoms. The molecular weight excluding hydrogens is 342 g/mol. The number of anilines is 1. The van der Waals surface area contributed by atoms with E-state index in [9.17, 15) is 14.4 Å². The van der Waals surface area contributed by atoms with E-state index in [4.69, 9.17) is 10.8 Å². The molecule has 0 aliphatic heterocycles. The zero-order chi connectivity index (χ0) is 15.8. The number of carboxylic acid groups (broad SMARTS) is 1. The second-order valence-electron chi connectivity index (χ2n) is 4.30. The Morgan fingerprint density at radius 3 is 2.52 bits per heavy atom. The second-order valence-corrected chi connectivity index (χ2v) is 5.16. The Labute approximate surface area is 130 Å². The summed E-state index contributed by atoms with van der Waals surface area (Å²) in [6, 6.07) is 3.90. The first-order valence-electron chi connectivity index (χ1n) is 6.26. The van der Waals surface area contributed by atoms with E-state index >= 15 is 0 Å². The molecule has 0 saturated heterocycles. The summed E-state index contributed by atoms with van der Waals surface area (Å²) < 4.78 is 0.478. The maximum absolute atomic E-state index is 11.6. The van der Waals surface area contributed by atoms with E-state index in [-0.39, 0.29) is 11.5 Å². The summed E-state index contributed by atoms with van der Waals surface area (Å²) in [5, 5.41) is 14.1. The number of benzene rings is 1. The monoisotopic (exact) mass is 357 g/mol. The zero-order valence-corrected chi connectivity index (χ0v) is 12.8. The number of amides is 3. The molecule has 0 fully saturated rings.